The monoisotopic (exact) mass is 427 g/mol. The molecule has 2 aromatic heterocycles. The van der Waals surface area contributed by atoms with Crippen LogP contribution in [0.4, 0.5) is 10.2 Å². The second-order valence-electron chi connectivity index (χ2n) is 7.13. The summed E-state index contributed by atoms with van der Waals surface area (Å²) in [6, 6.07) is 11.9. The van der Waals surface area contributed by atoms with Gasteiger partial charge in [-0.15, -0.1) is 11.3 Å². The number of halogens is 1. The second kappa shape index (κ2) is 8.76. The molecule has 9 heteroatoms. The number of aromatic nitrogens is 2. The molecule has 1 fully saturated rings. The van der Waals surface area contributed by atoms with Gasteiger partial charge in [-0.25, -0.2) is 4.39 Å². The van der Waals surface area contributed by atoms with Gasteiger partial charge in [-0.05, 0) is 17.5 Å². The van der Waals surface area contributed by atoms with E-state index in [-0.39, 0.29) is 17.6 Å². The SMILES string of the molecule is Cn1nc(C(=O)N2CCN(Cc3ccccc3F)CC2)cc1NC(=O)c1cccs1. The van der Waals surface area contributed by atoms with Crippen LogP contribution >= 0.6 is 11.3 Å². The lowest BCUT2D eigenvalue weighted by atomic mass is 10.2. The molecule has 7 nitrogen and oxygen atoms in total. The highest BCUT2D eigenvalue weighted by Crippen LogP contribution is 2.17. The normalized spacial score (nSPS) is 14.7. The largest absolute Gasteiger partial charge is 0.335 e. The number of nitrogens with one attached hydrogen (secondary N) is 1. The summed E-state index contributed by atoms with van der Waals surface area (Å²) in [4.78, 5) is 29.6. The number of rotatable bonds is 5. The Bertz CT molecular complexity index is 1040. The Hall–Kier alpha value is -3.04. The van der Waals surface area contributed by atoms with Crippen LogP contribution in [-0.4, -0.2) is 57.6 Å². The number of anilines is 1. The van der Waals surface area contributed by atoms with Crippen molar-refractivity contribution in [1.82, 2.24) is 19.6 Å². The molecule has 156 valence electrons. The van der Waals surface area contributed by atoms with Gasteiger partial charge >= 0.3 is 0 Å². The first-order valence-corrected chi connectivity index (χ1v) is 10.5. The average Bonchev–Trinajstić information content (AvgIpc) is 3.40. The van der Waals surface area contributed by atoms with Crippen LogP contribution in [0, 0.1) is 5.82 Å². The van der Waals surface area contributed by atoms with Crippen molar-refractivity contribution in [2.24, 2.45) is 7.05 Å². The number of thiophene rings is 1. The van der Waals surface area contributed by atoms with Crippen LogP contribution in [0.1, 0.15) is 25.7 Å². The number of benzene rings is 1. The number of carbonyl (C=O) groups excluding carboxylic acids is 2. The Kier molecular flexibility index (Phi) is 5.91. The summed E-state index contributed by atoms with van der Waals surface area (Å²) in [5.41, 5.74) is 0.953. The van der Waals surface area contributed by atoms with Crippen LogP contribution in [0.3, 0.4) is 0 Å². The van der Waals surface area contributed by atoms with Crippen LogP contribution in [0.5, 0.6) is 0 Å². The lowest BCUT2D eigenvalue weighted by molar-refractivity contribution is 0.0620. The topological polar surface area (TPSA) is 70.5 Å². The molecule has 0 bridgehead atoms. The smallest absolute Gasteiger partial charge is 0.274 e. The van der Waals surface area contributed by atoms with Gasteiger partial charge in [-0.1, -0.05) is 24.3 Å². The molecular formula is C21H22FN5O2S. The Balaban J connectivity index is 1.35. The van der Waals surface area contributed by atoms with Gasteiger partial charge in [0.2, 0.25) is 0 Å². The van der Waals surface area contributed by atoms with E-state index in [1.165, 1.54) is 22.1 Å². The molecular weight excluding hydrogens is 405 g/mol. The fraction of sp³-hybridized carbons (Fsp3) is 0.286. The van der Waals surface area contributed by atoms with Crippen molar-refractivity contribution >= 4 is 29.0 Å². The molecule has 1 aromatic carbocycles. The van der Waals surface area contributed by atoms with Crippen LogP contribution in [-0.2, 0) is 13.6 Å². The number of nitrogens with zero attached hydrogens (tertiary/aromatic N) is 4. The highest BCUT2D eigenvalue weighted by atomic mass is 32.1. The average molecular weight is 428 g/mol. The standard InChI is InChI=1S/C21H22FN5O2S/c1-25-19(23-20(28)18-7-4-12-30-18)13-17(24-25)21(29)27-10-8-26(9-11-27)14-15-5-2-3-6-16(15)22/h2-7,12-13H,8-11,14H2,1H3,(H,23,28). The van der Waals surface area contributed by atoms with E-state index in [1.54, 1.807) is 36.2 Å². The molecule has 4 rings (SSSR count). The van der Waals surface area contributed by atoms with Gasteiger partial charge < -0.3 is 10.2 Å². The molecule has 0 radical (unpaired) electrons. The van der Waals surface area contributed by atoms with Gasteiger partial charge in [0.25, 0.3) is 11.8 Å². The van der Waals surface area contributed by atoms with Crippen LogP contribution in [0.25, 0.3) is 0 Å². The van der Waals surface area contributed by atoms with Crippen molar-refractivity contribution in [2.45, 2.75) is 6.54 Å². The van der Waals surface area contributed by atoms with Crippen molar-refractivity contribution in [2.75, 3.05) is 31.5 Å². The van der Waals surface area contributed by atoms with E-state index in [4.69, 9.17) is 0 Å². The number of carbonyl (C=O) groups is 2. The first kappa shape index (κ1) is 20.2. The van der Waals surface area contributed by atoms with Crippen molar-refractivity contribution in [3.05, 3.63) is 69.8 Å². The number of amides is 2. The first-order chi connectivity index (χ1) is 14.5. The van der Waals surface area contributed by atoms with Crippen LogP contribution in [0.15, 0.2) is 47.8 Å². The zero-order valence-electron chi connectivity index (χ0n) is 16.5. The summed E-state index contributed by atoms with van der Waals surface area (Å²) < 4.78 is 15.4. The molecule has 0 spiro atoms. The molecule has 0 atom stereocenters. The van der Waals surface area contributed by atoms with E-state index in [1.807, 2.05) is 17.5 Å². The van der Waals surface area contributed by atoms with E-state index < -0.39 is 0 Å². The molecule has 1 aliphatic rings. The molecule has 1 N–H and O–H groups in total. The van der Waals surface area contributed by atoms with Crippen LogP contribution in [0.2, 0.25) is 0 Å². The Morgan fingerprint density at radius 3 is 2.60 bits per heavy atom. The molecule has 30 heavy (non-hydrogen) atoms. The van der Waals surface area contributed by atoms with E-state index in [0.717, 1.165) is 0 Å². The molecule has 1 aliphatic heterocycles. The fourth-order valence-corrected chi connectivity index (χ4v) is 4.03. The third-order valence-corrected chi connectivity index (χ3v) is 5.97. The summed E-state index contributed by atoms with van der Waals surface area (Å²) in [5.74, 6) is -0.141. The van der Waals surface area contributed by atoms with Gasteiger partial charge in [0, 0.05) is 51.4 Å². The minimum Gasteiger partial charge on any atom is -0.335 e. The molecule has 0 saturated carbocycles. The zero-order chi connectivity index (χ0) is 21.1. The molecule has 1 saturated heterocycles. The quantitative estimate of drug-likeness (QED) is 0.680. The van der Waals surface area contributed by atoms with Gasteiger partial charge in [0.15, 0.2) is 5.69 Å². The van der Waals surface area contributed by atoms with Gasteiger partial charge in [-0.3, -0.25) is 19.2 Å². The minimum atomic E-state index is -0.228. The number of aryl methyl sites for hydroxylation is 1. The molecule has 0 aliphatic carbocycles. The highest BCUT2D eigenvalue weighted by molar-refractivity contribution is 7.12. The Morgan fingerprint density at radius 1 is 1.13 bits per heavy atom. The minimum absolute atomic E-state index is 0.173. The maximum absolute atomic E-state index is 13.9. The van der Waals surface area contributed by atoms with Gasteiger partial charge in [-0.2, -0.15) is 5.10 Å². The Labute approximate surface area is 177 Å². The third-order valence-electron chi connectivity index (χ3n) is 5.10. The lowest BCUT2D eigenvalue weighted by Gasteiger charge is -2.34. The van der Waals surface area contributed by atoms with E-state index >= 15 is 0 Å². The van der Waals surface area contributed by atoms with Gasteiger partial charge in [0.1, 0.15) is 11.6 Å². The van der Waals surface area contributed by atoms with Crippen LogP contribution < -0.4 is 5.32 Å². The third kappa shape index (κ3) is 4.42. The molecule has 2 amide bonds. The summed E-state index contributed by atoms with van der Waals surface area (Å²) in [6.45, 7) is 2.93. The zero-order valence-corrected chi connectivity index (χ0v) is 17.4. The summed E-state index contributed by atoms with van der Waals surface area (Å²) in [7, 11) is 1.69. The predicted octanol–water partition coefficient (Wildman–Crippen LogP) is 2.83. The van der Waals surface area contributed by atoms with Crippen molar-refractivity contribution in [1.29, 1.82) is 0 Å². The van der Waals surface area contributed by atoms with Crippen molar-refractivity contribution in [3.8, 4) is 0 Å². The van der Waals surface area contributed by atoms with Crippen molar-refractivity contribution in [3.63, 3.8) is 0 Å². The number of hydrogen-bond donors (Lipinski definition) is 1. The maximum Gasteiger partial charge on any atom is 0.274 e. The molecule has 0 unspecified atom stereocenters. The van der Waals surface area contributed by atoms with E-state index in [9.17, 15) is 14.0 Å². The first-order valence-electron chi connectivity index (χ1n) is 9.65. The maximum atomic E-state index is 13.9. The molecule has 3 heterocycles. The number of piperazine rings is 1. The lowest BCUT2D eigenvalue weighted by Crippen LogP contribution is -2.48. The summed E-state index contributed by atoms with van der Waals surface area (Å²) in [5, 5.41) is 8.89. The van der Waals surface area contributed by atoms with Crippen molar-refractivity contribution < 1.29 is 14.0 Å². The highest BCUT2D eigenvalue weighted by Gasteiger charge is 2.25. The molecule has 3 aromatic rings. The summed E-state index contributed by atoms with van der Waals surface area (Å²) in [6.07, 6.45) is 0. The van der Waals surface area contributed by atoms with E-state index in [2.05, 4.69) is 15.3 Å². The second-order valence-corrected chi connectivity index (χ2v) is 8.08. The predicted molar refractivity (Wildman–Crippen MR) is 113 cm³/mol. The van der Waals surface area contributed by atoms with E-state index in [0.29, 0.717) is 54.7 Å². The Morgan fingerprint density at radius 2 is 1.90 bits per heavy atom. The number of hydrogen-bond acceptors (Lipinski definition) is 5. The summed E-state index contributed by atoms with van der Waals surface area (Å²) >= 11 is 1.35. The van der Waals surface area contributed by atoms with Gasteiger partial charge in [0.05, 0.1) is 4.88 Å². The fourth-order valence-electron chi connectivity index (χ4n) is 3.41.